The minimum Gasteiger partial charge on any atom is -0.465 e. The van der Waals surface area contributed by atoms with Gasteiger partial charge in [0.25, 0.3) is 11.8 Å². The number of aromatic nitrogens is 2. The number of nitrogens with zero attached hydrogens (tertiary/aromatic N) is 2. The Morgan fingerprint density at radius 1 is 1.33 bits per heavy atom. The Labute approximate surface area is 146 Å². The number of hydrogen-bond acceptors (Lipinski definition) is 6. The maximum Gasteiger partial charge on any atom is 0.341 e. The summed E-state index contributed by atoms with van der Waals surface area (Å²) in [4.78, 5) is 36.2. The summed E-state index contributed by atoms with van der Waals surface area (Å²) in [7, 11) is 2.78. The Balaban J connectivity index is 2.49. The second kappa shape index (κ2) is 6.62. The lowest BCUT2D eigenvalue weighted by molar-refractivity contribution is 0.0601. The highest BCUT2D eigenvalue weighted by molar-refractivity contribution is 7.18. The number of thiophene rings is 1. The highest BCUT2D eigenvalue weighted by Crippen LogP contribution is 2.34. The van der Waals surface area contributed by atoms with Crippen LogP contribution in [0.5, 0.6) is 0 Å². The molecule has 2 aromatic heterocycles. The Bertz CT molecular complexity index is 856. The molecule has 0 radical (unpaired) electrons. The van der Waals surface area contributed by atoms with Crippen molar-refractivity contribution in [2.24, 2.45) is 12.8 Å². The van der Waals surface area contributed by atoms with Gasteiger partial charge in [-0.15, -0.1) is 11.3 Å². The fourth-order valence-corrected chi connectivity index (χ4v) is 3.51. The van der Waals surface area contributed by atoms with Gasteiger partial charge >= 0.3 is 5.97 Å². The fraction of sp³-hybridized carbons (Fsp3) is 0.286. The first-order valence-electron chi connectivity index (χ1n) is 6.71. The molecule has 8 nitrogen and oxygen atoms in total. The van der Waals surface area contributed by atoms with Gasteiger partial charge in [0.15, 0.2) is 0 Å². The number of aryl methyl sites for hydroxylation is 2. The Kier molecular flexibility index (Phi) is 4.95. The molecule has 2 heterocycles. The van der Waals surface area contributed by atoms with E-state index >= 15 is 0 Å². The van der Waals surface area contributed by atoms with E-state index in [0.717, 1.165) is 11.3 Å². The topological polar surface area (TPSA) is 116 Å². The molecule has 0 saturated heterocycles. The highest BCUT2D eigenvalue weighted by atomic mass is 35.5. The Hall–Kier alpha value is -2.39. The number of amides is 2. The van der Waals surface area contributed by atoms with Crippen molar-refractivity contribution in [3.63, 3.8) is 0 Å². The van der Waals surface area contributed by atoms with E-state index in [1.807, 2.05) is 0 Å². The number of carbonyl (C=O) groups is 3. The van der Waals surface area contributed by atoms with Gasteiger partial charge in [0, 0.05) is 7.05 Å². The maximum atomic E-state index is 12.5. The molecule has 0 aromatic carbocycles. The van der Waals surface area contributed by atoms with Gasteiger partial charge < -0.3 is 15.8 Å². The molecule has 3 N–H and O–H groups in total. The predicted octanol–water partition coefficient (Wildman–Crippen LogP) is 1.89. The van der Waals surface area contributed by atoms with Crippen LogP contribution in [-0.4, -0.2) is 34.7 Å². The van der Waals surface area contributed by atoms with E-state index in [-0.39, 0.29) is 26.2 Å². The number of hydrogen-bond donors (Lipinski definition) is 2. The molecule has 2 rings (SSSR count). The number of methoxy groups -OCH3 is 1. The molecule has 0 saturated carbocycles. The van der Waals surface area contributed by atoms with Crippen LogP contribution < -0.4 is 11.1 Å². The van der Waals surface area contributed by atoms with Crippen LogP contribution in [0.4, 0.5) is 5.00 Å². The van der Waals surface area contributed by atoms with E-state index in [4.69, 9.17) is 22.1 Å². The maximum absolute atomic E-state index is 12.5. The molecule has 0 aliphatic heterocycles. The smallest absolute Gasteiger partial charge is 0.341 e. The fourth-order valence-electron chi connectivity index (χ4n) is 2.23. The molecule has 0 aliphatic carbocycles. The molecule has 2 amide bonds. The number of carbonyl (C=O) groups excluding carboxylic acids is 3. The third kappa shape index (κ3) is 3.00. The second-order valence-electron chi connectivity index (χ2n) is 4.94. The second-order valence-corrected chi connectivity index (χ2v) is 6.34. The number of ether oxygens (including phenoxy) is 1. The summed E-state index contributed by atoms with van der Waals surface area (Å²) in [6.07, 6.45) is 0. The van der Waals surface area contributed by atoms with Gasteiger partial charge in [-0.25, -0.2) is 4.79 Å². The van der Waals surface area contributed by atoms with Crippen LogP contribution in [0, 0.1) is 13.8 Å². The summed E-state index contributed by atoms with van der Waals surface area (Å²) >= 11 is 6.98. The first-order chi connectivity index (χ1) is 11.2. The third-order valence-electron chi connectivity index (χ3n) is 3.35. The van der Waals surface area contributed by atoms with Crippen LogP contribution in [0.25, 0.3) is 0 Å². The lowest BCUT2D eigenvalue weighted by Crippen LogP contribution is -2.18. The monoisotopic (exact) mass is 370 g/mol. The minimum absolute atomic E-state index is 0.0830. The Morgan fingerprint density at radius 2 is 1.96 bits per heavy atom. The van der Waals surface area contributed by atoms with Crippen molar-refractivity contribution in [3.05, 3.63) is 32.4 Å². The first kappa shape index (κ1) is 18.0. The molecule has 2 aromatic rings. The van der Waals surface area contributed by atoms with E-state index < -0.39 is 17.8 Å². The number of rotatable bonds is 4. The molecule has 0 unspecified atom stereocenters. The lowest BCUT2D eigenvalue weighted by Gasteiger charge is -2.06. The molecule has 0 fully saturated rings. The van der Waals surface area contributed by atoms with E-state index in [2.05, 4.69) is 10.4 Å². The van der Waals surface area contributed by atoms with Crippen molar-refractivity contribution in [3.8, 4) is 0 Å². The number of nitrogens with one attached hydrogen (secondary N) is 1. The summed E-state index contributed by atoms with van der Waals surface area (Å²) in [6.45, 7) is 3.22. The van der Waals surface area contributed by atoms with Crippen molar-refractivity contribution in [1.82, 2.24) is 9.78 Å². The van der Waals surface area contributed by atoms with Crippen LogP contribution in [-0.2, 0) is 11.8 Å². The number of nitrogens with two attached hydrogens (primary N) is 1. The Morgan fingerprint density at radius 3 is 2.42 bits per heavy atom. The number of esters is 1. The number of primary amides is 1. The normalized spacial score (nSPS) is 10.5. The summed E-state index contributed by atoms with van der Waals surface area (Å²) in [5.74, 6) is -1.94. The van der Waals surface area contributed by atoms with Crippen molar-refractivity contribution in [2.75, 3.05) is 12.4 Å². The van der Waals surface area contributed by atoms with E-state index in [1.54, 1.807) is 20.9 Å². The van der Waals surface area contributed by atoms with Crippen LogP contribution in [0.2, 0.25) is 5.02 Å². The number of anilines is 1. The zero-order valence-electron chi connectivity index (χ0n) is 13.4. The molecule has 10 heteroatoms. The van der Waals surface area contributed by atoms with Crippen molar-refractivity contribution in [1.29, 1.82) is 0 Å². The molecule has 24 heavy (non-hydrogen) atoms. The quantitative estimate of drug-likeness (QED) is 0.797. The van der Waals surface area contributed by atoms with Crippen LogP contribution in [0.1, 0.15) is 41.8 Å². The van der Waals surface area contributed by atoms with Crippen molar-refractivity contribution >= 4 is 45.7 Å². The van der Waals surface area contributed by atoms with E-state index in [9.17, 15) is 14.4 Å². The number of halogens is 1. The molecular formula is C14H15ClN4O4S. The van der Waals surface area contributed by atoms with Crippen molar-refractivity contribution < 1.29 is 19.1 Å². The zero-order chi connectivity index (χ0) is 18.2. The third-order valence-corrected chi connectivity index (χ3v) is 5.03. The predicted molar refractivity (Wildman–Crippen MR) is 89.8 cm³/mol. The van der Waals surface area contributed by atoms with Gasteiger partial charge in [0.1, 0.15) is 10.7 Å². The van der Waals surface area contributed by atoms with Gasteiger partial charge in [0.05, 0.1) is 28.3 Å². The summed E-state index contributed by atoms with van der Waals surface area (Å²) in [6, 6.07) is 0. The highest BCUT2D eigenvalue weighted by Gasteiger charge is 2.27. The van der Waals surface area contributed by atoms with Crippen LogP contribution in [0.15, 0.2) is 0 Å². The molecule has 0 atom stereocenters. The minimum atomic E-state index is -0.697. The molecule has 0 spiro atoms. The van der Waals surface area contributed by atoms with Gasteiger partial charge in [0.2, 0.25) is 0 Å². The summed E-state index contributed by atoms with van der Waals surface area (Å²) in [5, 5.41) is 7.01. The summed E-state index contributed by atoms with van der Waals surface area (Å²) < 4.78 is 6.04. The van der Waals surface area contributed by atoms with Crippen LogP contribution in [0.3, 0.4) is 0 Å². The van der Waals surface area contributed by atoms with Gasteiger partial charge in [-0.05, 0) is 19.4 Å². The first-order valence-corrected chi connectivity index (χ1v) is 7.90. The molecule has 0 aliphatic rings. The molecular weight excluding hydrogens is 356 g/mol. The summed E-state index contributed by atoms with van der Waals surface area (Å²) in [5.41, 5.74) is 6.37. The van der Waals surface area contributed by atoms with Crippen LogP contribution >= 0.6 is 22.9 Å². The van der Waals surface area contributed by atoms with Crippen molar-refractivity contribution in [2.45, 2.75) is 13.8 Å². The largest absolute Gasteiger partial charge is 0.465 e. The van der Waals surface area contributed by atoms with E-state index in [1.165, 1.54) is 11.8 Å². The van der Waals surface area contributed by atoms with Gasteiger partial charge in [-0.3, -0.25) is 14.3 Å². The van der Waals surface area contributed by atoms with Gasteiger partial charge in [-0.2, -0.15) is 5.10 Å². The van der Waals surface area contributed by atoms with E-state index in [0.29, 0.717) is 11.3 Å². The average Bonchev–Trinajstić information content (AvgIpc) is 2.95. The standard InChI is InChI=1S/C14H15ClN4O4S/c1-5-7(14(22)23-4)13(24-10(5)11(16)20)17-12(21)9-8(15)6(2)18-19(9)3/h1-4H3,(H2,16,20)(H,17,21). The zero-order valence-corrected chi connectivity index (χ0v) is 15.0. The lowest BCUT2D eigenvalue weighted by atomic mass is 10.1. The SMILES string of the molecule is COC(=O)c1c(NC(=O)c2c(Cl)c(C)nn2C)sc(C(N)=O)c1C. The average molecular weight is 371 g/mol. The molecule has 0 bridgehead atoms. The molecule has 128 valence electrons. The van der Waals surface area contributed by atoms with Gasteiger partial charge in [-0.1, -0.05) is 11.6 Å².